The second kappa shape index (κ2) is 10.2. The second-order valence-corrected chi connectivity index (χ2v) is 8.20. The zero-order chi connectivity index (χ0) is 21.7. The molecule has 1 unspecified atom stereocenters. The lowest BCUT2D eigenvalue weighted by Gasteiger charge is -2.36. The average molecular weight is 439 g/mol. The SMILES string of the molecule is COc1ccc(NC(=O)c2cc(Cl)cc(Cl)c2)cc1OC(C)N(C(C)C)C(C)C. The van der Waals surface area contributed by atoms with E-state index in [1.54, 1.807) is 43.5 Å². The smallest absolute Gasteiger partial charge is 0.255 e. The Morgan fingerprint density at radius 3 is 2.03 bits per heavy atom. The number of hydrogen-bond acceptors (Lipinski definition) is 4. The standard InChI is InChI=1S/C22H28Cl2N2O3/c1-13(2)26(14(3)4)15(5)29-21-12-19(7-8-20(21)28-6)25-22(27)16-9-17(23)11-18(24)10-16/h7-15H,1-6H3,(H,25,27). The van der Waals surface area contributed by atoms with Crippen LogP contribution in [0.15, 0.2) is 36.4 Å². The number of anilines is 1. The van der Waals surface area contributed by atoms with Crippen LogP contribution in [-0.4, -0.2) is 36.2 Å². The summed E-state index contributed by atoms with van der Waals surface area (Å²) in [6.07, 6.45) is -0.179. The van der Waals surface area contributed by atoms with Crippen LogP contribution in [-0.2, 0) is 0 Å². The first-order valence-corrected chi connectivity index (χ1v) is 10.3. The largest absolute Gasteiger partial charge is 0.493 e. The van der Waals surface area contributed by atoms with Gasteiger partial charge in [-0.05, 0) is 65.0 Å². The number of rotatable bonds is 8. The van der Waals surface area contributed by atoms with Crippen LogP contribution in [0.2, 0.25) is 10.0 Å². The van der Waals surface area contributed by atoms with E-state index in [2.05, 4.69) is 37.9 Å². The topological polar surface area (TPSA) is 50.8 Å². The van der Waals surface area contributed by atoms with Gasteiger partial charge >= 0.3 is 0 Å². The summed E-state index contributed by atoms with van der Waals surface area (Å²) in [7, 11) is 1.59. The molecule has 0 aromatic heterocycles. The first kappa shape index (κ1) is 23.3. The second-order valence-electron chi connectivity index (χ2n) is 7.33. The van der Waals surface area contributed by atoms with Crippen LogP contribution in [0.1, 0.15) is 45.0 Å². The van der Waals surface area contributed by atoms with E-state index >= 15 is 0 Å². The normalized spacial score (nSPS) is 12.4. The van der Waals surface area contributed by atoms with Crippen molar-refractivity contribution in [2.45, 2.75) is 52.9 Å². The van der Waals surface area contributed by atoms with Crippen molar-refractivity contribution in [2.24, 2.45) is 0 Å². The molecule has 0 aliphatic carbocycles. The lowest BCUT2D eigenvalue weighted by molar-refractivity contribution is -0.00690. The molecule has 5 nitrogen and oxygen atoms in total. The number of carbonyl (C=O) groups excluding carboxylic acids is 1. The zero-order valence-electron chi connectivity index (χ0n) is 17.6. The number of nitrogens with zero attached hydrogens (tertiary/aromatic N) is 1. The highest BCUT2D eigenvalue weighted by Crippen LogP contribution is 2.32. The molecule has 7 heteroatoms. The highest BCUT2D eigenvalue weighted by molar-refractivity contribution is 6.35. The van der Waals surface area contributed by atoms with Crippen molar-refractivity contribution in [3.05, 3.63) is 52.0 Å². The average Bonchev–Trinajstić information content (AvgIpc) is 2.60. The van der Waals surface area contributed by atoms with Crippen LogP contribution in [0.3, 0.4) is 0 Å². The molecule has 1 amide bonds. The Morgan fingerprint density at radius 2 is 1.52 bits per heavy atom. The van der Waals surface area contributed by atoms with E-state index in [4.69, 9.17) is 32.7 Å². The number of methoxy groups -OCH3 is 1. The third-order valence-corrected chi connectivity index (χ3v) is 4.89. The number of halogens is 2. The highest BCUT2D eigenvalue weighted by Gasteiger charge is 2.23. The molecule has 2 aromatic carbocycles. The lowest BCUT2D eigenvalue weighted by Crippen LogP contribution is -2.46. The van der Waals surface area contributed by atoms with Crippen molar-refractivity contribution < 1.29 is 14.3 Å². The summed E-state index contributed by atoms with van der Waals surface area (Å²) < 4.78 is 11.6. The molecule has 29 heavy (non-hydrogen) atoms. The Bertz CT molecular complexity index is 828. The maximum Gasteiger partial charge on any atom is 0.255 e. The summed E-state index contributed by atoms with van der Waals surface area (Å²) >= 11 is 12.0. The number of hydrogen-bond donors (Lipinski definition) is 1. The monoisotopic (exact) mass is 438 g/mol. The van der Waals surface area contributed by atoms with Gasteiger partial charge in [-0.15, -0.1) is 0 Å². The summed E-state index contributed by atoms with van der Waals surface area (Å²) in [5, 5.41) is 3.65. The van der Waals surface area contributed by atoms with E-state index in [1.165, 1.54) is 0 Å². The molecule has 0 fully saturated rings. The Kier molecular flexibility index (Phi) is 8.20. The zero-order valence-corrected chi connectivity index (χ0v) is 19.1. The van der Waals surface area contributed by atoms with Crippen molar-refractivity contribution in [3.63, 3.8) is 0 Å². The van der Waals surface area contributed by atoms with Crippen molar-refractivity contribution in [3.8, 4) is 11.5 Å². The Morgan fingerprint density at radius 1 is 0.931 bits per heavy atom. The Labute approximate surface area is 182 Å². The minimum absolute atomic E-state index is 0.179. The molecule has 0 saturated heterocycles. The minimum Gasteiger partial charge on any atom is -0.493 e. The van der Waals surface area contributed by atoms with Gasteiger partial charge in [0.15, 0.2) is 11.5 Å². The lowest BCUT2D eigenvalue weighted by atomic mass is 10.2. The van der Waals surface area contributed by atoms with Gasteiger partial charge in [0, 0.05) is 39.4 Å². The van der Waals surface area contributed by atoms with Crippen molar-refractivity contribution in [1.29, 1.82) is 0 Å². The van der Waals surface area contributed by atoms with Crippen molar-refractivity contribution in [1.82, 2.24) is 4.90 Å². The van der Waals surface area contributed by atoms with E-state index in [0.29, 0.717) is 44.9 Å². The van der Waals surface area contributed by atoms with Crippen LogP contribution in [0, 0.1) is 0 Å². The molecule has 0 aliphatic rings. The number of nitrogens with one attached hydrogen (secondary N) is 1. The summed E-state index contributed by atoms with van der Waals surface area (Å²) in [4.78, 5) is 14.8. The van der Waals surface area contributed by atoms with Crippen LogP contribution < -0.4 is 14.8 Å². The van der Waals surface area contributed by atoms with Crippen LogP contribution in [0.4, 0.5) is 5.69 Å². The predicted molar refractivity (Wildman–Crippen MR) is 120 cm³/mol. The van der Waals surface area contributed by atoms with Crippen LogP contribution in [0.5, 0.6) is 11.5 Å². The summed E-state index contributed by atoms with van der Waals surface area (Å²) in [6.45, 7) is 10.5. The molecule has 1 N–H and O–H groups in total. The molecule has 0 aliphatic heterocycles. The van der Waals surface area contributed by atoms with Crippen molar-refractivity contribution in [2.75, 3.05) is 12.4 Å². The number of benzene rings is 2. The van der Waals surface area contributed by atoms with Gasteiger partial charge in [0.2, 0.25) is 0 Å². The highest BCUT2D eigenvalue weighted by atomic mass is 35.5. The van der Waals surface area contributed by atoms with Gasteiger partial charge in [-0.2, -0.15) is 0 Å². The Balaban J connectivity index is 2.24. The predicted octanol–water partition coefficient (Wildman–Crippen LogP) is 6.10. The third-order valence-electron chi connectivity index (χ3n) is 4.46. The van der Waals surface area contributed by atoms with Crippen LogP contribution in [0.25, 0.3) is 0 Å². The Hall–Kier alpha value is -1.95. The summed E-state index contributed by atoms with van der Waals surface area (Å²) in [5.74, 6) is 0.825. The van der Waals surface area contributed by atoms with Crippen molar-refractivity contribution >= 4 is 34.8 Å². The molecule has 158 valence electrons. The van der Waals surface area contributed by atoms with E-state index in [9.17, 15) is 4.79 Å². The molecule has 2 aromatic rings. The molecule has 2 rings (SSSR count). The fraction of sp³-hybridized carbons (Fsp3) is 0.409. The summed E-state index contributed by atoms with van der Waals surface area (Å²) in [5.41, 5.74) is 0.953. The van der Waals surface area contributed by atoms with Gasteiger partial charge in [0.1, 0.15) is 6.23 Å². The van der Waals surface area contributed by atoms with E-state index in [1.807, 2.05) is 6.92 Å². The molecular weight excluding hydrogens is 411 g/mol. The number of ether oxygens (including phenoxy) is 2. The van der Waals surface area contributed by atoms with E-state index < -0.39 is 0 Å². The molecular formula is C22H28Cl2N2O3. The fourth-order valence-corrected chi connectivity index (χ4v) is 3.94. The number of amides is 1. The maximum absolute atomic E-state index is 12.6. The third kappa shape index (κ3) is 6.26. The molecule has 0 bridgehead atoms. The quantitative estimate of drug-likeness (QED) is 0.505. The minimum atomic E-state index is -0.315. The number of carbonyl (C=O) groups is 1. The molecule has 0 radical (unpaired) electrons. The van der Waals surface area contributed by atoms with Gasteiger partial charge in [-0.25, -0.2) is 0 Å². The summed E-state index contributed by atoms with van der Waals surface area (Å²) in [6, 6.07) is 10.6. The van der Waals surface area contributed by atoms with Crippen LogP contribution >= 0.6 is 23.2 Å². The van der Waals surface area contributed by atoms with Gasteiger partial charge in [-0.1, -0.05) is 23.2 Å². The first-order chi connectivity index (χ1) is 13.6. The fourth-order valence-electron chi connectivity index (χ4n) is 3.42. The van der Waals surface area contributed by atoms with Gasteiger partial charge < -0.3 is 14.8 Å². The molecule has 0 spiro atoms. The van der Waals surface area contributed by atoms with E-state index in [-0.39, 0.29) is 12.1 Å². The van der Waals surface area contributed by atoms with Gasteiger partial charge in [0.25, 0.3) is 5.91 Å². The first-order valence-electron chi connectivity index (χ1n) is 9.52. The maximum atomic E-state index is 12.6. The van der Waals surface area contributed by atoms with E-state index in [0.717, 1.165) is 0 Å². The van der Waals surface area contributed by atoms with Gasteiger partial charge in [0.05, 0.1) is 7.11 Å². The molecule has 0 heterocycles. The molecule has 1 atom stereocenters. The molecule has 0 saturated carbocycles. The van der Waals surface area contributed by atoms with Gasteiger partial charge in [-0.3, -0.25) is 9.69 Å².